The van der Waals surface area contributed by atoms with Crippen LogP contribution in [0.4, 0.5) is 0 Å². The number of nitrogens with zero attached hydrogens (tertiary/aromatic N) is 1. The van der Waals surface area contributed by atoms with E-state index in [1.54, 1.807) is 11.3 Å². The van der Waals surface area contributed by atoms with Crippen LogP contribution in [0.3, 0.4) is 0 Å². The predicted molar refractivity (Wildman–Crippen MR) is 80.5 cm³/mol. The lowest BCUT2D eigenvalue weighted by molar-refractivity contribution is 0.0931. The summed E-state index contributed by atoms with van der Waals surface area (Å²) in [5.74, 6) is 0.459. The average Bonchev–Trinajstić information content (AvgIpc) is 2.81. The number of carbonyl (C=O) groups excluding carboxylic acids is 1. The summed E-state index contributed by atoms with van der Waals surface area (Å²) in [6, 6.07) is 0.0581. The summed E-state index contributed by atoms with van der Waals surface area (Å²) in [4.78, 5) is 16.4. The lowest BCUT2D eigenvalue weighted by Gasteiger charge is -2.15. The second-order valence-electron chi connectivity index (χ2n) is 5.27. The summed E-state index contributed by atoms with van der Waals surface area (Å²) in [7, 11) is 0. The van der Waals surface area contributed by atoms with E-state index in [0.717, 1.165) is 30.7 Å². The highest BCUT2D eigenvalue weighted by Crippen LogP contribution is 2.14. The van der Waals surface area contributed by atoms with E-state index in [1.807, 2.05) is 5.38 Å². The molecule has 0 aliphatic rings. The Balaban J connectivity index is 2.54. The minimum absolute atomic E-state index is 0.0581. The molecule has 0 aliphatic carbocycles. The number of hydrogen-bond acceptors (Lipinski definition) is 4. The number of thiazole rings is 1. The zero-order valence-electron chi connectivity index (χ0n) is 12.1. The monoisotopic (exact) mass is 283 g/mol. The quantitative estimate of drug-likeness (QED) is 0.770. The van der Waals surface area contributed by atoms with Crippen molar-refractivity contribution in [1.29, 1.82) is 0 Å². The first-order chi connectivity index (χ1) is 9.06. The molecule has 1 heterocycles. The van der Waals surface area contributed by atoms with Gasteiger partial charge < -0.3 is 11.1 Å². The molecule has 1 aromatic rings. The Morgan fingerprint density at radius 1 is 1.53 bits per heavy atom. The van der Waals surface area contributed by atoms with Crippen molar-refractivity contribution in [3.05, 3.63) is 16.1 Å². The molecule has 0 saturated heterocycles. The van der Waals surface area contributed by atoms with Crippen LogP contribution in [0.1, 0.15) is 55.5 Å². The molecule has 19 heavy (non-hydrogen) atoms. The maximum atomic E-state index is 12.1. The number of rotatable bonds is 8. The van der Waals surface area contributed by atoms with Crippen molar-refractivity contribution < 1.29 is 4.79 Å². The van der Waals surface area contributed by atoms with E-state index in [2.05, 4.69) is 31.1 Å². The van der Waals surface area contributed by atoms with Gasteiger partial charge in [-0.1, -0.05) is 33.6 Å². The number of nitrogens with one attached hydrogen (secondary N) is 1. The Morgan fingerprint density at radius 2 is 2.26 bits per heavy atom. The zero-order chi connectivity index (χ0) is 14.3. The maximum Gasteiger partial charge on any atom is 0.271 e. The van der Waals surface area contributed by atoms with Gasteiger partial charge >= 0.3 is 0 Å². The largest absolute Gasteiger partial charge is 0.347 e. The van der Waals surface area contributed by atoms with Crippen molar-refractivity contribution in [3.63, 3.8) is 0 Å². The van der Waals surface area contributed by atoms with Gasteiger partial charge in [-0.3, -0.25) is 4.79 Å². The van der Waals surface area contributed by atoms with Gasteiger partial charge in [0.2, 0.25) is 0 Å². The summed E-state index contributed by atoms with van der Waals surface area (Å²) in [6.45, 7) is 6.91. The summed E-state index contributed by atoms with van der Waals surface area (Å²) in [6.07, 6.45) is 4.05. The minimum Gasteiger partial charge on any atom is -0.347 e. The number of amides is 1. The average molecular weight is 283 g/mol. The van der Waals surface area contributed by atoms with Crippen LogP contribution in [-0.4, -0.2) is 23.5 Å². The Labute approximate surface area is 119 Å². The third kappa shape index (κ3) is 5.70. The molecular formula is C14H25N3OS. The molecule has 1 amide bonds. The van der Waals surface area contributed by atoms with Crippen molar-refractivity contribution >= 4 is 17.2 Å². The summed E-state index contributed by atoms with van der Waals surface area (Å²) >= 11 is 1.56. The first kappa shape index (κ1) is 16.1. The van der Waals surface area contributed by atoms with Gasteiger partial charge in [0.05, 0.1) is 5.01 Å². The third-order valence-electron chi connectivity index (χ3n) is 2.89. The van der Waals surface area contributed by atoms with Gasteiger partial charge in [0.1, 0.15) is 5.69 Å². The second kappa shape index (κ2) is 8.27. The molecule has 0 radical (unpaired) electrons. The van der Waals surface area contributed by atoms with E-state index in [9.17, 15) is 4.79 Å². The fraction of sp³-hybridized carbons (Fsp3) is 0.714. The van der Waals surface area contributed by atoms with E-state index >= 15 is 0 Å². The van der Waals surface area contributed by atoms with Gasteiger partial charge in [0.25, 0.3) is 5.91 Å². The SMILES string of the molecule is CCCCC(CN)NC(=O)c1csc(CC(C)C)n1. The lowest BCUT2D eigenvalue weighted by atomic mass is 10.1. The first-order valence-electron chi connectivity index (χ1n) is 7.02. The van der Waals surface area contributed by atoms with Crippen LogP contribution < -0.4 is 11.1 Å². The number of aromatic nitrogens is 1. The van der Waals surface area contributed by atoms with Crippen molar-refractivity contribution in [2.45, 2.75) is 52.5 Å². The van der Waals surface area contributed by atoms with Gasteiger partial charge in [0.15, 0.2) is 0 Å². The highest BCUT2D eigenvalue weighted by Gasteiger charge is 2.15. The van der Waals surface area contributed by atoms with Crippen LogP contribution >= 0.6 is 11.3 Å². The topological polar surface area (TPSA) is 68.0 Å². The Kier molecular flexibility index (Phi) is 7.02. The molecular weight excluding hydrogens is 258 g/mol. The number of unbranched alkanes of at least 4 members (excludes halogenated alkanes) is 1. The van der Waals surface area contributed by atoms with Crippen molar-refractivity contribution in [2.75, 3.05) is 6.54 Å². The van der Waals surface area contributed by atoms with Crippen LogP contribution in [0.2, 0.25) is 0 Å². The van der Waals surface area contributed by atoms with Crippen molar-refractivity contribution in [1.82, 2.24) is 10.3 Å². The standard InChI is InChI=1S/C14H25N3OS/c1-4-5-6-11(8-15)16-14(18)12-9-19-13(17-12)7-10(2)3/h9-11H,4-8,15H2,1-3H3,(H,16,18). The molecule has 0 fully saturated rings. The Morgan fingerprint density at radius 3 is 2.84 bits per heavy atom. The smallest absolute Gasteiger partial charge is 0.271 e. The molecule has 1 rings (SSSR count). The van der Waals surface area contributed by atoms with Gasteiger partial charge in [-0.15, -0.1) is 11.3 Å². The predicted octanol–water partition coefficient (Wildman–Crippen LogP) is 2.59. The van der Waals surface area contributed by atoms with Crippen molar-refractivity contribution in [3.8, 4) is 0 Å². The zero-order valence-corrected chi connectivity index (χ0v) is 12.9. The van der Waals surface area contributed by atoms with Crippen LogP contribution in [0.25, 0.3) is 0 Å². The van der Waals surface area contributed by atoms with Crippen LogP contribution in [-0.2, 0) is 6.42 Å². The third-order valence-corrected chi connectivity index (χ3v) is 3.76. The Bertz CT molecular complexity index is 390. The fourth-order valence-electron chi connectivity index (χ4n) is 1.82. The lowest BCUT2D eigenvalue weighted by Crippen LogP contribution is -2.40. The summed E-state index contributed by atoms with van der Waals surface area (Å²) < 4.78 is 0. The summed E-state index contributed by atoms with van der Waals surface area (Å²) in [5, 5.41) is 5.82. The number of carbonyl (C=O) groups is 1. The number of nitrogens with two attached hydrogens (primary N) is 1. The molecule has 3 N–H and O–H groups in total. The second-order valence-corrected chi connectivity index (χ2v) is 6.22. The molecule has 108 valence electrons. The normalized spacial score (nSPS) is 12.7. The molecule has 1 aromatic heterocycles. The van der Waals surface area contributed by atoms with E-state index in [-0.39, 0.29) is 11.9 Å². The fourth-order valence-corrected chi connectivity index (χ4v) is 2.81. The summed E-state index contributed by atoms with van der Waals surface area (Å²) in [5.41, 5.74) is 6.20. The van der Waals surface area contributed by atoms with Crippen LogP contribution in [0, 0.1) is 5.92 Å². The molecule has 0 saturated carbocycles. The highest BCUT2D eigenvalue weighted by atomic mass is 32.1. The Hall–Kier alpha value is -0.940. The van der Waals surface area contributed by atoms with Gasteiger partial charge in [-0.2, -0.15) is 0 Å². The molecule has 1 unspecified atom stereocenters. The van der Waals surface area contributed by atoms with Gasteiger partial charge in [-0.25, -0.2) is 4.98 Å². The van der Waals surface area contributed by atoms with E-state index < -0.39 is 0 Å². The van der Waals surface area contributed by atoms with E-state index in [0.29, 0.717) is 18.2 Å². The van der Waals surface area contributed by atoms with Gasteiger partial charge in [-0.05, 0) is 12.3 Å². The minimum atomic E-state index is -0.0993. The molecule has 0 spiro atoms. The molecule has 0 aromatic carbocycles. The molecule has 0 bridgehead atoms. The van der Waals surface area contributed by atoms with Crippen molar-refractivity contribution in [2.24, 2.45) is 11.7 Å². The van der Waals surface area contributed by atoms with E-state index in [4.69, 9.17) is 5.73 Å². The molecule has 4 nitrogen and oxygen atoms in total. The van der Waals surface area contributed by atoms with Crippen LogP contribution in [0.15, 0.2) is 5.38 Å². The first-order valence-corrected chi connectivity index (χ1v) is 7.90. The van der Waals surface area contributed by atoms with Crippen LogP contribution in [0.5, 0.6) is 0 Å². The molecule has 0 aliphatic heterocycles. The number of hydrogen-bond donors (Lipinski definition) is 2. The highest BCUT2D eigenvalue weighted by molar-refractivity contribution is 7.09. The maximum absolute atomic E-state index is 12.1. The van der Waals surface area contributed by atoms with Gasteiger partial charge in [0, 0.05) is 24.4 Å². The molecule has 1 atom stereocenters. The molecule has 5 heteroatoms. The van der Waals surface area contributed by atoms with E-state index in [1.165, 1.54) is 0 Å².